The summed E-state index contributed by atoms with van der Waals surface area (Å²) in [4.78, 5) is 3.35. The Labute approximate surface area is 101 Å². The monoisotopic (exact) mass is 230 g/mol. The summed E-state index contributed by atoms with van der Waals surface area (Å²) in [5, 5.41) is 4.66. The standard InChI is InChI=1S/C14H18N2O/c1-10-6-12-7-11(2-3-14(12)16-10)8-13-9-15-4-5-17-13/h2-3,6-7,13,15-16H,4-5,8-9H2,1H3. The average molecular weight is 230 g/mol. The summed E-state index contributed by atoms with van der Waals surface area (Å²) in [6.07, 6.45) is 1.31. The number of aromatic nitrogens is 1. The van der Waals surface area contributed by atoms with Crippen molar-refractivity contribution in [1.29, 1.82) is 0 Å². The zero-order valence-electron chi connectivity index (χ0n) is 10.1. The average Bonchev–Trinajstić information content (AvgIpc) is 2.70. The molecule has 0 amide bonds. The van der Waals surface area contributed by atoms with Gasteiger partial charge in [-0.15, -0.1) is 0 Å². The first-order valence-electron chi connectivity index (χ1n) is 6.22. The molecule has 1 saturated heterocycles. The maximum absolute atomic E-state index is 5.73. The molecule has 1 aromatic carbocycles. The van der Waals surface area contributed by atoms with E-state index in [1.165, 1.54) is 22.2 Å². The van der Waals surface area contributed by atoms with Crippen molar-refractivity contribution in [3.63, 3.8) is 0 Å². The fraction of sp³-hybridized carbons (Fsp3) is 0.429. The lowest BCUT2D eigenvalue weighted by atomic mass is 10.1. The minimum atomic E-state index is 0.321. The normalized spacial score (nSPS) is 20.9. The van der Waals surface area contributed by atoms with Crippen molar-refractivity contribution >= 4 is 10.9 Å². The molecule has 17 heavy (non-hydrogen) atoms. The lowest BCUT2D eigenvalue weighted by Gasteiger charge is -2.23. The topological polar surface area (TPSA) is 37.0 Å². The van der Waals surface area contributed by atoms with Gasteiger partial charge >= 0.3 is 0 Å². The lowest BCUT2D eigenvalue weighted by Crippen LogP contribution is -2.39. The van der Waals surface area contributed by atoms with E-state index >= 15 is 0 Å². The van der Waals surface area contributed by atoms with Gasteiger partial charge < -0.3 is 15.0 Å². The van der Waals surface area contributed by atoms with Gasteiger partial charge in [-0.05, 0) is 42.5 Å². The molecule has 0 aliphatic carbocycles. The Morgan fingerprint density at radius 1 is 1.35 bits per heavy atom. The first-order valence-corrected chi connectivity index (χ1v) is 6.22. The number of H-pyrrole nitrogens is 1. The minimum absolute atomic E-state index is 0.321. The van der Waals surface area contributed by atoms with Crippen LogP contribution in [0.15, 0.2) is 24.3 Å². The Balaban J connectivity index is 1.79. The quantitative estimate of drug-likeness (QED) is 0.828. The number of fused-ring (bicyclic) bond motifs is 1. The maximum atomic E-state index is 5.73. The molecule has 2 heterocycles. The van der Waals surface area contributed by atoms with Crippen LogP contribution in [0.1, 0.15) is 11.3 Å². The third-order valence-corrected chi connectivity index (χ3v) is 3.29. The highest BCUT2D eigenvalue weighted by Crippen LogP contribution is 2.18. The number of ether oxygens (including phenoxy) is 1. The van der Waals surface area contributed by atoms with E-state index in [0.29, 0.717) is 6.10 Å². The van der Waals surface area contributed by atoms with Gasteiger partial charge in [0.25, 0.3) is 0 Å². The first kappa shape index (κ1) is 10.8. The third kappa shape index (κ3) is 2.35. The molecular formula is C14H18N2O. The Morgan fingerprint density at radius 3 is 3.12 bits per heavy atom. The van der Waals surface area contributed by atoms with Crippen LogP contribution in [0.3, 0.4) is 0 Å². The molecule has 0 bridgehead atoms. The molecule has 0 radical (unpaired) electrons. The van der Waals surface area contributed by atoms with Gasteiger partial charge in [0, 0.05) is 24.3 Å². The Bertz CT molecular complexity index is 512. The first-order chi connectivity index (χ1) is 8.31. The second-order valence-electron chi connectivity index (χ2n) is 4.78. The molecule has 2 N–H and O–H groups in total. The van der Waals surface area contributed by atoms with Crippen LogP contribution in [0.25, 0.3) is 10.9 Å². The van der Waals surface area contributed by atoms with Crippen molar-refractivity contribution in [3.8, 4) is 0 Å². The summed E-state index contributed by atoms with van der Waals surface area (Å²) >= 11 is 0. The predicted molar refractivity (Wildman–Crippen MR) is 69.3 cm³/mol. The summed E-state index contributed by atoms with van der Waals surface area (Å²) in [5.41, 5.74) is 3.78. The number of hydrogen-bond donors (Lipinski definition) is 2. The molecule has 0 saturated carbocycles. The van der Waals surface area contributed by atoms with Crippen LogP contribution in [-0.2, 0) is 11.2 Å². The van der Waals surface area contributed by atoms with Gasteiger partial charge in [-0.3, -0.25) is 0 Å². The van der Waals surface area contributed by atoms with Crippen LogP contribution in [-0.4, -0.2) is 30.8 Å². The highest BCUT2D eigenvalue weighted by atomic mass is 16.5. The van der Waals surface area contributed by atoms with Crippen molar-refractivity contribution in [3.05, 3.63) is 35.5 Å². The van der Waals surface area contributed by atoms with Crippen molar-refractivity contribution < 1.29 is 4.74 Å². The molecular weight excluding hydrogens is 212 g/mol. The Morgan fingerprint density at radius 2 is 2.29 bits per heavy atom. The molecule has 2 aromatic rings. The van der Waals surface area contributed by atoms with E-state index in [4.69, 9.17) is 4.74 Å². The van der Waals surface area contributed by atoms with Crippen LogP contribution in [0.5, 0.6) is 0 Å². The number of morpholine rings is 1. The van der Waals surface area contributed by atoms with Crippen LogP contribution in [0, 0.1) is 6.92 Å². The minimum Gasteiger partial charge on any atom is -0.375 e. The second kappa shape index (κ2) is 4.51. The van der Waals surface area contributed by atoms with Crippen LogP contribution in [0.4, 0.5) is 0 Å². The number of nitrogens with one attached hydrogen (secondary N) is 2. The molecule has 3 nitrogen and oxygen atoms in total. The van der Waals surface area contributed by atoms with E-state index in [1.54, 1.807) is 0 Å². The molecule has 90 valence electrons. The highest BCUT2D eigenvalue weighted by molar-refractivity contribution is 5.81. The van der Waals surface area contributed by atoms with E-state index in [2.05, 4.69) is 41.5 Å². The third-order valence-electron chi connectivity index (χ3n) is 3.29. The zero-order chi connectivity index (χ0) is 11.7. The smallest absolute Gasteiger partial charge is 0.0740 e. The second-order valence-corrected chi connectivity index (χ2v) is 4.78. The van der Waals surface area contributed by atoms with Gasteiger partial charge in [-0.2, -0.15) is 0 Å². The lowest BCUT2D eigenvalue weighted by molar-refractivity contribution is 0.0292. The molecule has 1 aromatic heterocycles. The van der Waals surface area contributed by atoms with Gasteiger partial charge in [0.2, 0.25) is 0 Å². The van der Waals surface area contributed by atoms with Crippen molar-refractivity contribution in [2.45, 2.75) is 19.4 Å². The van der Waals surface area contributed by atoms with Crippen LogP contribution in [0.2, 0.25) is 0 Å². The summed E-state index contributed by atoms with van der Waals surface area (Å²) in [6, 6.07) is 8.81. The summed E-state index contributed by atoms with van der Waals surface area (Å²) < 4.78 is 5.73. The summed E-state index contributed by atoms with van der Waals surface area (Å²) in [5.74, 6) is 0. The van der Waals surface area contributed by atoms with Gasteiger partial charge in [-0.1, -0.05) is 6.07 Å². The van der Waals surface area contributed by atoms with E-state index in [-0.39, 0.29) is 0 Å². The van der Waals surface area contributed by atoms with E-state index in [1.807, 2.05) is 0 Å². The van der Waals surface area contributed by atoms with Gasteiger partial charge in [-0.25, -0.2) is 0 Å². The van der Waals surface area contributed by atoms with Crippen molar-refractivity contribution in [2.24, 2.45) is 0 Å². The Kier molecular flexibility index (Phi) is 2.87. The van der Waals surface area contributed by atoms with E-state index in [9.17, 15) is 0 Å². The SMILES string of the molecule is Cc1cc2cc(CC3CNCCO3)ccc2[nH]1. The van der Waals surface area contributed by atoms with E-state index < -0.39 is 0 Å². The summed E-state index contributed by atoms with van der Waals surface area (Å²) in [6.45, 7) is 4.86. The highest BCUT2D eigenvalue weighted by Gasteiger charge is 2.14. The number of aromatic amines is 1. The number of aryl methyl sites for hydroxylation is 1. The fourth-order valence-electron chi connectivity index (χ4n) is 2.47. The molecule has 1 atom stereocenters. The van der Waals surface area contributed by atoms with Gasteiger partial charge in [0.15, 0.2) is 0 Å². The largest absolute Gasteiger partial charge is 0.375 e. The number of benzene rings is 1. The zero-order valence-corrected chi connectivity index (χ0v) is 10.1. The van der Waals surface area contributed by atoms with Gasteiger partial charge in [0.05, 0.1) is 12.7 Å². The fourth-order valence-corrected chi connectivity index (χ4v) is 2.47. The summed E-state index contributed by atoms with van der Waals surface area (Å²) in [7, 11) is 0. The van der Waals surface area contributed by atoms with E-state index in [0.717, 1.165) is 26.1 Å². The predicted octanol–water partition coefficient (Wildman–Crippen LogP) is 2.01. The molecule has 3 rings (SSSR count). The molecule has 1 unspecified atom stereocenters. The molecule has 1 aliphatic heterocycles. The molecule has 1 aliphatic rings. The Hall–Kier alpha value is -1.32. The van der Waals surface area contributed by atoms with Crippen LogP contribution >= 0.6 is 0 Å². The molecule has 1 fully saturated rings. The van der Waals surface area contributed by atoms with Crippen LogP contribution < -0.4 is 5.32 Å². The van der Waals surface area contributed by atoms with Gasteiger partial charge in [0.1, 0.15) is 0 Å². The van der Waals surface area contributed by atoms with Crippen molar-refractivity contribution in [1.82, 2.24) is 10.3 Å². The maximum Gasteiger partial charge on any atom is 0.0740 e. The number of rotatable bonds is 2. The number of hydrogen-bond acceptors (Lipinski definition) is 2. The van der Waals surface area contributed by atoms with Crippen molar-refractivity contribution in [2.75, 3.05) is 19.7 Å². The molecule has 0 spiro atoms. The molecule has 3 heteroatoms.